The molecule has 0 spiro atoms. The van der Waals surface area contributed by atoms with Crippen LogP contribution in [-0.4, -0.2) is 10.8 Å². The second kappa shape index (κ2) is 2.16. The number of nitrogens with zero attached hydrogens (tertiary/aromatic N) is 1. The average Bonchev–Trinajstić information content (AvgIpc) is 2.36. The lowest BCUT2D eigenvalue weighted by Crippen LogP contribution is -2.07. The summed E-state index contributed by atoms with van der Waals surface area (Å²) in [4.78, 5) is 16.1. The number of carbonyl (C=O) groups is 1. The van der Waals surface area contributed by atoms with Gasteiger partial charge in [-0.25, -0.2) is 4.98 Å². The van der Waals surface area contributed by atoms with Crippen LogP contribution in [0.1, 0.15) is 28.2 Å². The fourth-order valence-corrected chi connectivity index (χ4v) is 2.01. The lowest BCUT2D eigenvalue weighted by molar-refractivity contribution is 0.0976. The highest BCUT2D eigenvalue weighted by Gasteiger charge is 2.18. The van der Waals surface area contributed by atoms with Crippen molar-refractivity contribution in [2.75, 3.05) is 0 Å². The summed E-state index contributed by atoms with van der Waals surface area (Å²) in [6, 6.07) is 0. The van der Waals surface area contributed by atoms with Crippen molar-refractivity contribution in [3.8, 4) is 0 Å². The van der Waals surface area contributed by atoms with Gasteiger partial charge in [-0.05, 0) is 12.8 Å². The van der Waals surface area contributed by atoms with E-state index in [0.29, 0.717) is 0 Å². The molecule has 0 aromatic carbocycles. The van der Waals surface area contributed by atoms with Gasteiger partial charge in [0.25, 0.3) is 0 Å². The lowest BCUT2D eigenvalue weighted by atomic mass is 10.0. The third kappa shape index (κ3) is 0.778. The van der Waals surface area contributed by atoms with Gasteiger partial charge in [0, 0.05) is 6.42 Å². The van der Waals surface area contributed by atoms with Gasteiger partial charge in [-0.2, -0.15) is 0 Å². The van der Waals surface area contributed by atoms with Crippen molar-refractivity contribution >= 4 is 17.1 Å². The van der Waals surface area contributed by atoms with Gasteiger partial charge in [-0.3, -0.25) is 4.79 Å². The van der Waals surface area contributed by atoms with Crippen molar-refractivity contribution in [1.29, 1.82) is 0 Å². The Kier molecular flexibility index (Phi) is 1.31. The summed E-state index contributed by atoms with van der Waals surface area (Å²) in [7, 11) is 0. The van der Waals surface area contributed by atoms with Crippen LogP contribution in [0.2, 0.25) is 0 Å². The van der Waals surface area contributed by atoms with Crippen molar-refractivity contribution in [3.05, 3.63) is 16.1 Å². The van der Waals surface area contributed by atoms with Crippen molar-refractivity contribution in [1.82, 2.24) is 4.98 Å². The van der Waals surface area contributed by atoms with E-state index >= 15 is 0 Å². The van der Waals surface area contributed by atoms with Gasteiger partial charge in [0.15, 0.2) is 5.78 Å². The molecule has 1 aromatic rings. The first kappa shape index (κ1) is 6.04. The maximum absolute atomic E-state index is 11.1. The summed E-state index contributed by atoms with van der Waals surface area (Å²) < 4.78 is 0. The van der Waals surface area contributed by atoms with Crippen molar-refractivity contribution in [3.63, 3.8) is 0 Å². The number of hydrogen-bond acceptors (Lipinski definition) is 3. The number of rotatable bonds is 0. The summed E-state index contributed by atoms with van der Waals surface area (Å²) in [6.07, 6.45) is 2.69. The molecule has 1 aliphatic rings. The summed E-state index contributed by atoms with van der Waals surface area (Å²) in [5, 5.41) is 0. The molecule has 0 saturated carbocycles. The number of carbonyl (C=O) groups excluding carboxylic acids is 1. The van der Waals surface area contributed by atoms with E-state index in [9.17, 15) is 4.79 Å². The molecule has 0 saturated heterocycles. The smallest absolute Gasteiger partial charge is 0.174 e. The van der Waals surface area contributed by atoms with E-state index in [2.05, 4.69) is 4.98 Å². The number of fused-ring (bicyclic) bond motifs is 1. The van der Waals surface area contributed by atoms with Gasteiger partial charge in [0.1, 0.15) is 0 Å². The predicted molar refractivity (Wildman–Crippen MR) is 39.4 cm³/mol. The minimum atomic E-state index is 0.281. The zero-order chi connectivity index (χ0) is 6.97. The van der Waals surface area contributed by atoms with E-state index in [1.807, 2.05) is 0 Å². The Labute approximate surface area is 62.9 Å². The molecule has 0 unspecified atom stereocenters. The number of thiazole rings is 1. The largest absolute Gasteiger partial charge is 0.293 e. The zero-order valence-electron chi connectivity index (χ0n) is 5.46. The summed E-state index contributed by atoms with van der Waals surface area (Å²) in [5.74, 6) is 0.281. The fourth-order valence-electron chi connectivity index (χ4n) is 1.20. The number of aromatic nitrogens is 1. The molecular weight excluding hydrogens is 146 g/mol. The highest BCUT2D eigenvalue weighted by molar-refractivity contribution is 7.12. The van der Waals surface area contributed by atoms with Crippen molar-refractivity contribution in [2.24, 2.45) is 0 Å². The van der Waals surface area contributed by atoms with Crippen LogP contribution in [0, 0.1) is 0 Å². The first-order valence-corrected chi connectivity index (χ1v) is 4.21. The molecule has 0 atom stereocenters. The van der Waals surface area contributed by atoms with Crippen LogP contribution in [0.5, 0.6) is 0 Å². The Bertz CT molecular complexity index is 266. The lowest BCUT2D eigenvalue weighted by Gasteiger charge is -2.06. The molecule has 0 radical (unpaired) electrons. The minimum Gasteiger partial charge on any atom is -0.293 e. The molecule has 0 aliphatic heterocycles. The van der Waals surface area contributed by atoms with Crippen LogP contribution < -0.4 is 0 Å². The maximum atomic E-state index is 11.1. The molecule has 0 amide bonds. The second-order valence-electron chi connectivity index (χ2n) is 2.40. The molecule has 0 N–H and O–H groups in total. The first-order chi connectivity index (χ1) is 4.88. The SMILES string of the molecule is O=C1CCCc2ncsc21. The summed E-state index contributed by atoms with van der Waals surface area (Å²) in [5.41, 5.74) is 2.77. The predicted octanol–water partition coefficient (Wildman–Crippen LogP) is 1.66. The molecule has 2 rings (SSSR count). The van der Waals surface area contributed by atoms with Gasteiger partial charge in [0.05, 0.1) is 16.1 Å². The molecule has 0 bridgehead atoms. The van der Waals surface area contributed by atoms with E-state index in [0.717, 1.165) is 29.8 Å². The average molecular weight is 153 g/mol. The van der Waals surface area contributed by atoms with E-state index in [1.165, 1.54) is 11.3 Å². The molecule has 2 nitrogen and oxygen atoms in total. The van der Waals surface area contributed by atoms with Crippen molar-refractivity contribution < 1.29 is 4.79 Å². The maximum Gasteiger partial charge on any atom is 0.174 e. The molecule has 52 valence electrons. The minimum absolute atomic E-state index is 0.281. The highest BCUT2D eigenvalue weighted by atomic mass is 32.1. The molecule has 0 fully saturated rings. The first-order valence-electron chi connectivity index (χ1n) is 3.33. The van der Waals surface area contributed by atoms with Gasteiger partial charge in [0.2, 0.25) is 0 Å². The molecule has 1 aromatic heterocycles. The zero-order valence-corrected chi connectivity index (χ0v) is 6.28. The molecule has 1 aliphatic carbocycles. The quantitative estimate of drug-likeness (QED) is 0.567. The highest BCUT2D eigenvalue weighted by Crippen LogP contribution is 2.22. The fraction of sp³-hybridized carbons (Fsp3) is 0.429. The van der Waals surface area contributed by atoms with E-state index < -0.39 is 0 Å². The number of hydrogen-bond donors (Lipinski definition) is 0. The van der Waals surface area contributed by atoms with E-state index in [4.69, 9.17) is 0 Å². The van der Waals surface area contributed by atoms with Crippen LogP contribution >= 0.6 is 11.3 Å². The third-order valence-electron chi connectivity index (χ3n) is 1.71. The Morgan fingerprint density at radius 2 is 2.40 bits per heavy atom. The van der Waals surface area contributed by atoms with Gasteiger partial charge >= 0.3 is 0 Å². The molecule has 1 heterocycles. The van der Waals surface area contributed by atoms with Crippen molar-refractivity contribution in [2.45, 2.75) is 19.3 Å². The van der Waals surface area contributed by atoms with Crippen LogP contribution in [0.4, 0.5) is 0 Å². The Morgan fingerprint density at radius 1 is 1.50 bits per heavy atom. The van der Waals surface area contributed by atoms with Crippen LogP contribution in [0.3, 0.4) is 0 Å². The van der Waals surface area contributed by atoms with Gasteiger partial charge in [-0.1, -0.05) is 0 Å². The normalized spacial score (nSPS) is 17.0. The van der Waals surface area contributed by atoms with Crippen LogP contribution in [0.15, 0.2) is 5.51 Å². The Balaban J connectivity index is 2.50. The Morgan fingerprint density at radius 3 is 3.20 bits per heavy atom. The molecule has 3 heteroatoms. The van der Waals surface area contributed by atoms with E-state index in [1.54, 1.807) is 5.51 Å². The number of aryl methyl sites for hydroxylation is 1. The molecular formula is C7H7NOS. The molecule has 10 heavy (non-hydrogen) atoms. The Hall–Kier alpha value is -0.700. The van der Waals surface area contributed by atoms with E-state index in [-0.39, 0.29) is 5.78 Å². The monoisotopic (exact) mass is 153 g/mol. The number of ketones is 1. The van der Waals surface area contributed by atoms with Crippen LogP contribution in [0.25, 0.3) is 0 Å². The van der Waals surface area contributed by atoms with Gasteiger partial charge < -0.3 is 0 Å². The second-order valence-corrected chi connectivity index (χ2v) is 3.26. The summed E-state index contributed by atoms with van der Waals surface area (Å²) >= 11 is 1.47. The standard InChI is InChI=1S/C7H7NOS/c9-6-3-1-2-5-7(6)10-4-8-5/h4H,1-3H2. The summed E-state index contributed by atoms with van der Waals surface area (Å²) in [6.45, 7) is 0. The van der Waals surface area contributed by atoms with Gasteiger partial charge in [-0.15, -0.1) is 11.3 Å². The number of Topliss-reactive ketones (excluding diaryl/α,β-unsaturated/α-hetero) is 1. The topological polar surface area (TPSA) is 30.0 Å². The third-order valence-corrected chi connectivity index (χ3v) is 2.62. The van der Waals surface area contributed by atoms with Crippen LogP contribution in [-0.2, 0) is 6.42 Å².